The summed E-state index contributed by atoms with van der Waals surface area (Å²) in [6, 6.07) is 24.7. The number of hydrogen-bond acceptors (Lipinski definition) is 3. The molecule has 0 aliphatic carbocycles. The van der Waals surface area contributed by atoms with E-state index in [1.54, 1.807) is 60.7 Å². The summed E-state index contributed by atoms with van der Waals surface area (Å²) in [6.45, 7) is 0. The number of carbonyl (C=O) groups excluding carboxylic acids is 1. The van der Waals surface area contributed by atoms with E-state index >= 15 is 0 Å². The van der Waals surface area contributed by atoms with Crippen LogP contribution in [0.2, 0.25) is 5.02 Å². The second-order valence-electron chi connectivity index (χ2n) is 7.28. The smallest absolute Gasteiger partial charge is 0.308 e. The Hall–Kier alpha value is -3.88. The zero-order valence-corrected chi connectivity index (χ0v) is 19.2. The van der Waals surface area contributed by atoms with Gasteiger partial charge in [-0.3, -0.25) is 4.72 Å². The van der Waals surface area contributed by atoms with Gasteiger partial charge < -0.3 is 10.6 Å². The highest BCUT2D eigenvalue weighted by Gasteiger charge is 2.15. The van der Waals surface area contributed by atoms with Crippen LogP contribution in [0.5, 0.6) is 0 Å². The molecule has 0 saturated carbocycles. The van der Waals surface area contributed by atoms with Crippen LogP contribution in [0.15, 0.2) is 102 Å². The number of hydrogen-bond donors (Lipinski definition) is 3. The Kier molecular flexibility index (Phi) is 6.81. The Morgan fingerprint density at radius 3 is 2.12 bits per heavy atom. The summed E-state index contributed by atoms with van der Waals surface area (Å²) in [4.78, 5) is 12.3. The van der Waals surface area contributed by atoms with Crippen molar-refractivity contribution in [2.45, 2.75) is 4.90 Å². The second kappa shape index (κ2) is 9.94. The second-order valence-corrected chi connectivity index (χ2v) is 9.37. The summed E-state index contributed by atoms with van der Waals surface area (Å²) in [5.74, 6) is -0.367. The van der Waals surface area contributed by atoms with Crippen LogP contribution in [-0.4, -0.2) is 14.4 Å². The molecule has 4 aromatic rings. The quantitative estimate of drug-likeness (QED) is 0.282. The van der Waals surface area contributed by atoms with E-state index in [9.17, 15) is 17.6 Å². The first-order chi connectivity index (χ1) is 16.3. The molecule has 0 heterocycles. The van der Waals surface area contributed by atoms with Crippen molar-refractivity contribution < 1.29 is 17.6 Å². The first-order valence-corrected chi connectivity index (χ1v) is 12.0. The molecule has 4 aromatic carbocycles. The summed E-state index contributed by atoms with van der Waals surface area (Å²) < 4.78 is 41.5. The Bertz CT molecular complexity index is 1430. The summed E-state index contributed by atoms with van der Waals surface area (Å²) >= 11 is 6.03. The van der Waals surface area contributed by atoms with Crippen LogP contribution in [0, 0.1) is 5.82 Å². The van der Waals surface area contributed by atoms with Gasteiger partial charge >= 0.3 is 6.03 Å². The SMILES string of the molecule is O=C(Nc1ccc(NS(=O)(=O)c2cccc(-c3ccc(F)cc3)c2)cc1)Nc1ccccc1Cl. The van der Waals surface area contributed by atoms with E-state index in [-0.39, 0.29) is 10.7 Å². The predicted molar refractivity (Wildman–Crippen MR) is 133 cm³/mol. The van der Waals surface area contributed by atoms with Crippen molar-refractivity contribution in [1.82, 2.24) is 0 Å². The molecule has 0 fully saturated rings. The fourth-order valence-corrected chi connectivity index (χ4v) is 4.46. The van der Waals surface area contributed by atoms with Gasteiger partial charge in [0.05, 0.1) is 15.6 Å². The van der Waals surface area contributed by atoms with Crippen molar-refractivity contribution in [3.05, 3.63) is 108 Å². The number of rotatable bonds is 6. The van der Waals surface area contributed by atoms with Gasteiger partial charge in [0.25, 0.3) is 10.0 Å². The molecule has 34 heavy (non-hydrogen) atoms. The highest BCUT2D eigenvalue weighted by Crippen LogP contribution is 2.25. The number of anilines is 3. The lowest BCUT2D eigenvalue weighted by Crippen LogP contribution is -2.19. The number of benzene rings is 4. The molecule has 0 aliphatic heterocycles. The van der Waals surface area contributed by atoms with Crippen LogP contribution in [0.1, 0.15) is 0 Å². The summed E-state index contributed by atoms with van der Waals surface area (Å²) in [5.41, 5.74) is 2.60. The maximum absolute atomic E-state index is 13.2. The molecule has 0 aliphatic rings. The molecule has 4 rings (SSSR count). The molecular formula is C25H19ClFN3O3S. The normalized spacial score (nSPS) is 11.0. The van der Waals surface area contributed by atoms with Gasteiger partial charge in [-0.05, 0) is 71.8 Å². The summed E-state index contributed by atoms with van der Waals surface area (Å²) in [6.07, 6.45) is 0. The highest BCUT2D eigenvalue weighted by molar-refractivity contribution is 7.92. The van der Waals surface area contributed by atoms with Crippen molar-refractivity contribution in [3.63, 3.8) is 0 Å². The fraction of sp³-hybridized carbons (Fsp3) is 0. The molecule has 2 amide bonds. The molecule has 0 radical (unpaired) electrons. The van der Waals surface area contributed by atoms with Crippen LogP contribution in [0.25, 0.3) is 11.1 Å². The fourth-order valence-electron chi connectivity index (χ4n) is 3.17. The number of halogens is 2. The van der Waals surface area contributed by atoms with E-state index < -0.39 is 16.1 Å². The van der Waals surface area contributed by atoms with Crippen molar-refractivity contribution in [2.24, 2.45) is 0 Å². The van der Waals surface area contributed by atoms with Crippen molar-refractivity contribution >= 4 is 44.7 Å². The van der Waals surface area contributed by atoms with E-state index in [0.29, 0.717) is 33.2 Å². The van der Waals surface area contributed by atoms with Gasteiger partial charge in [-0.2, -0.15) is 0 Å². The Morgan fingerprint density at radius 1 is 0.735 bits per heavy atom. The number of para-hydroxylation sites is 1. The minimum atomic E-state index is -3.87. The molecule has 0 spiro atoms. The number of sulfonamides is 1. The van der Waals surface area contributed by atoms with E-state index in [4.69, 9.17) is 11.6 Å². The number of urea groups is 1. The van der Waals surface area contributed by atoms with Crippen molar-refractivity contribution in [2.75, 3.05) is 15.4 Å². The van der Waals surface area contributed by atoms with E-state index in [0.717, 1.165) is 0 Å². The Labute approximate surface area is 201 Å². The first kappa shape index (κ1) is 23.3. The van der Waals surface area contributed by atoms with Crippen LogP contribution >= 0.6 is 11.6 Å². The molecule has 0 bridgehead atoms. The molecule has 9 heteroatoms. The van der Waals surface area contributed by atoms with Gasteiger partial charge in [-0.1, -0.05) is 48.0 Å². The molecule has 172 valence electrons. The molecule has 0 saturated heterocycles. The standard InChI is InChI=1S/C25H19ClFN3O3S/c26-23-6-1-2-7-24(23)29-25(31)28-20-12-14-21(15-13-20)30-34(32,33)22-5-3-4-18(16-22)17-8-10-19(27)11-9-17/h1-16,30H,(H2,28,29,31). The molecular weight excluding hydrogens is 477 g/mol. The lowest BCUT2D eigenvalue weighted by molar-refractivity contribution is 0.262. The maximum atomic E-state index is 13.2. The lowest BCUT2D eigenvalue weighted by atomic mass is 10.1. The number of carbonyl (C=O) groups is 1. The van der Waals surface area contributed by atoms with Gasteiger partial charge in [0.15, 0.2) is 0 Å². The third-order valence-corrected chi connectivity index (χ3v) is 6.55. The van der Waals surface area contributed by atoms with E-state index in [1.807, 2.05) is 0 Å². The maximum Gasteiger partial charge on any atom is 0.323 e. The predicted octanol–water partition coefficient (Wildman–Crippen LogP) is 6.59. The summed E-state index contributed by atoms with van der Waals surface area (Å²) in [7, 11) is -3.87. The molecule has 0 atom stereocenters. The lowest BCUT2D eigenvalue weighted by Gasteiger charge is -2.11. The minimum Gasteiger partial charge on any atom is -0.308 e. The molecule has 3 N–H and O–H groups in total. The first-order valence-electron chi connectivity index (χ1n) is 10.1. The van der Waals surface area contributed by atoms with Gasteiger partial charge in [-0.25, -0.2) is 17.6 Å². The zero-order chi connectivity index (χ0) is 24.1. The minimum absolute atomic E-state index is 0.0654. The van der Waals surface area contributed by atoms with E-state index in [2.05, 4.69) is 15.4 Å². The largest absolute Gasteiger partial charge is 0.323 e. The van der Waals surface area contributed by atoms with Gasteiger partial charge in [-0.15, -0.1) is 0 Å². The summed E-state index contributed by atoms with van der Waals surface area (Å²) in [5, 5.41) is 5.71. The average Bonchev–Trinajstić information content (AvgIpc) is 2.82. The molecule has 6 nitrogen and oxygen atoms in total. The van der Waals surface area contributed by atoms with Crippen LogP contribution in [0.3, 0.4) is 0 Å². The third kappa shape index (κ3) is 5.72. The topological polar surface area (TPSA) is 87.3 Å². The highest BCUT2D eigenvalue weighted by atomic mass is 35.5. The van der Waals surface area contributed by atoms with E-state index in [1.165, 1.54) is 36.4 Å². The Morgan fingerprint density at radius 2 is 1.41 bits per heavy atom. The van der Waals surface area contributed by atoms with Crippen LogP contribution < -0.4 is 15.4 Å². The average molecular weight is 496 g/mol. The molecule has 0 unspecified atom stereocenters. The van der Waals surface area contributed by atoms with Gasteiger partial charge in [0.2, 0.25) is 0 Å². The van der Waals surface area contributed by atoms with Gasteiger partial charge in [0, 0.05) is 11.4 Å². The zero-order valence-electron chi connectivity index (χ0n) is 17.6. The van der Waals surface area contributed by atoms with Crippen molar-refractivity contribution in [3.8, 4) is 11.1 Å². The van der Waals surface area contributed by atoms with Gasteiger partial charge in [0.1, 0.15) is 5.82 Å². The monoisotopic (exact) mass is 495 g/mol. The molecule has 0 aromatic heterocycles. The number of amides is 2. The van der Waals surface area contributed by atoms with Crippen LogP contribution in [0.4, 0.5) is 26.2 Å². The van der Waals surface area contributed by atoms with Crippen LogP contribution in [-0.2, 0) is 10.0 Å². The third-order valence-electron chi connectivity index (χ3n) is 4.84. The van der Waals surface area contributed by atoms with Crippen molar-refractivity contribution in [1.29, 1.82) is 0 Å². The number of nitrogens with one attached hydrogen (secondary N) is 3. The Balaban J connectivity index is 1.43.